The van der Waals surface area contributed by atoms with Gasteiger partial charge in [0.1, 0.15) is 30.2 Å². The minimum atomic E-state index is -1.41. The molecule has 0 bridgehead atoms. The van der Waals surface area contributed by atoms with Crippen molar-refractivity contribution in [2.45, 2.75) is 62.2 Å². The molecule has 5 rings (SSSR count). The van der Waals surface area contributed by atoms with Crippen molar-refractivity contribution < 1.29 is 34.3 Å². The SMILES string of the molecule is O=C1C(CCCc2ccccc2)C(c2ccc(CC3OC(CO)C(O)C(O)C3O)cc2)N1c1ccc(F)cc1. The number of halogens is 1. The standard InChI is InChI=1S/C31H34FNO6/c32-22-13-15-23(16-14-22)33-27(24(31(33)38)8-4-7-19-5-2-1-3-6-19)21-11-9-20(10-12-21)17-25-28(35)30(37)29(36)26(18-34)39-25/h1-3,5-6,9-16,24-30,34-37H,4,7-8,17-18H2. The molecule has 3 aromatic rings. The number of nitrogens with zero attached hydrogens (tertiary/aromatic N) is 1. The Morgan fingerprint density at radius 1 is 0.795 bits per heavy atom. The Hall–Kier alpha value is -3.14. The van der Waals surface area contributed by atoms with Crippen molar-refractivity contribution in [3.63, 3.8) is 0 Å². The second-order valence-electron chi connectivity index (χ2n) is 10.4. The van der Waals surface area contributed by atoms with Gasteiger partial charge in [-0.05, 0) is 60.2 Å². The predicted octanol–water partition coefficient (Wildman–Crippen LogP) is 2.94. The van der Waals surface area contributed by atoms with Gasteiger partial charge in [0.05, 0.1) is 24.7 Å². The third-order valence-corrected chi connectivity index (χ3v) is 7.89. The Morgan fingerprint density at radius 2 is 1.46 bits per heavy atom. The number of hydrogen-bond acceptors (Lipinski definition) is 6. The molecule has 0 aromatic heterocycles. The van der Waals surface area contributed by atoms with Gasteiger partial charge in [-0.25, -0.2) is 4.39 Å². The lowest BCUT2D eigenvalue weighted by Gasteiger charge is -2.48. The van der Waals surface area contributed by atoms with Gasteiger partial charge in [0.25, 0.3) is 0 Å². The molecule has 0 saturated carbocycles. The van der Waals surface area contributed by atoms with Crippen molar-refractivity contribution in [1.29, 1.82) is 0 Å². The summed E-state index contributed by atoms with van der Waals surface area (Å²) >= 11 is 0. The summed E-state index contributed by atoms with van der Waals surface area (Å²) in [6, 6.07) is 23.6. The van der Waals surface area contributed by atoms with E-state index in [2.05, 4.69) is 12.1 Å². The molecule has 0 radical (unpaired) electrons. The number of β-lactam (4-membered cyclic amide) rings is 1. The van der Waals surface area contributed by atoms with E-state index in [1.807, 2.05) is 42.5 Å². The van der Waals surface area contributed by atoms with Crippen molar-refractivity contribution >= 4 is 11.6 Å². The van der Waals surface area contributed by atoms with E-state index >= 15 is 0 Å². The molecule has 2 heterocycles. The molecule has 7 atom stereocenters. The number of aliphatic hydroxyl groups excluding tert-OH is 4. The molecule has 2 aliphatic rings. The van der Waals surface area contributed by atoms with Crippen LogP contribution < -0.4 is 4.90 Å². The van der Waals surface area contributed by atoms with Gasteiger partial charge in [0, 0.05) is 12.1 Å². The number of aliphatic hydroxyl groups is 4. The zero-order valence-electron chi connectivity index (χ0n) is 21.5. The van der Waals surface area contributed by atoms with Crippen molar-refractivity contribution in [1.82, 2.24) is 0 Å². The van der Waals surface area contributed by atoms with Crippen LogP contribution in [0.25, 0.3) is 0 Å². The summed E-state index contributed by atoms with van der Waals surface area (Å²) < 4.78 is 19.2. The van der Waals surface area contributed by atoms with E-state index in [9.17, 15) is 29.6 Å². The second-order valence-corrected chi connectivity index (χ2v) is 10.4. The number of rotatable bonds is 9. The van der Waals surface area contributed by atoms with Crippen LogP contribution in [-0.4, -0.2) is 63.5 Å². The molecule has 1 amide bonds. The molecule has 7 nitrogen and oxygen atoms in total. The first-order valence-corrected chi connectivity index (χ1v) is 13.4. The fourth-order valence-electron chi connectivity index (χ4n) is 5.70. The van der Waals surface area contributed by atoms with Gasteiger partial charge in [-0.3, -0.25) is 4.79 Å². The lowest BCUT2D eigenvalue weighted by atomic mass is 9.78. The smallest absolute Gasteiger partial charge is 0.233 e. The molecular weight excluding hydrogens is 501 g/mol. The summed E-state index contributed by atoms with van der Waals surface area (Å²) in [6.07, 6.45) is -3.11. The van der Waals surface area contributed by atoms with Crippen LogP contribution in [0.3, 0.4) is 0 Å². The summed E-state index contributed by atoms with van der Waals surface area (Å²) in [4.78, 5) is 15.0. The Kier molecular flexibility index (Phi) is 8.40. The third-order valence-electron chi connectivity index (χ3n) is 7.89. The average Bonchev–Trinajstić information content (AvgIpc) is 2.96. The molecule has 0 spiro atoms. The first-order chi connectivity index (χ1) is 18.9. The maximum atomic E-state index is 13.6. The summed E-state index contributed by atoms with van der Waals surface area (Å²) in [6.45, 7) is -0.471. The highest BCUT2D eigenvalue weighted by molar-refractivity contribution is 6.03. The predicted molar refractivity (Wildman–Crippen MR) is 143 cm³/mol. The van der Waals surface area contributed by atoms with Crippen molar-refractivity contribution in [3.05, 3.63) is 101 Å². The van der Waals surface area contributed by atoms with E-state index in [1.165, 1.54) is 17.7 Å². The Morgan fingerprint density at radius 3 is 2.13 bits per heavy atom. The van der Waals surface area contributed by atoms with E-state index < -0.39 is 37.1 Å². The van der Waals surface area contributed by atoms with Crippen LogP contribution in [0.15, 0.2) is 78.9 Å². The summed E-state index contributed by atoms with van der Waals surface area (Å²) in [5.41, 5.74) is 3.66. The van der Waals surface area contributed by atoms with E-state index in [4.69, 9.17) is 4.74 Å². The molecule has 39 heavy (non-hydrogen) atoms. The number of aryl methyl sites for hydroxylation is 1. The monoisotopic (exact) mass is 535 g/mol. The fraction of sp³-hybridized carbons (Fsp3) is 0.387. The van der Waals surface area contributed by atoms with Gasteiger partial charge >= 0.3 is 0 Å². The Labute approximate surface area is 227 Å². The highest BCUT2D eigenvalue weighted by atomic mass is 19.1. The average molecular weight is 536 g/mol. The van der Waals surface area contributed by atoms with Gasteiger partial charge in [-0.1, -0.05) is 54.6 Å². The number of ether oxygens (including phenoxy) is 1. The molecule has 2 aliphatic heterocycles. The largest absolute Gasteiger partial charge is 0.394 e. The highest BCUT2D eigenvalue weighted by Gasteiger charge is 2.48. The second kappa shape index (κ2) is 11.9. The minimum Gasteiger partial charge on any atom is -0.394 e. The van der Waals surface area contributed by atoms with Crippen LogP contribution in [-0.2, 0) is 22.4 Å². The number of carbonyl (C=O) groups is 1. The molecule has 2 saturated heterocycles. The summed E-state index contributed by atoms with van der Waals surface area (Å²) in [7, 11) is 0. The highest BCUT2D eigenvalue weighted by Crippen LogP contribution is 2.45. The molecule has 7 unspecified atom stereocenters. The van der Waals surface area contributed by atoms with Gasteiger partial charge in [0.2, 0.25) is 5.91 Å². The molecule has 3 aromatic carbocycles. The minimum absolute atomic E-state index is 0.0186. The summed E-state index contributed by atoms with van der Waals surface area (Å²) in [5.74, 6) is -0.541. The lowest BCUT2D eigenvalue weighted by molar-refractivity contribution is -0.228. The molecular formula is C31H34FNO6. The lowest BCUT2D eigenvalue weighted by Crippen LogP contribution is -2.59. The zero-order chi connectivity index (χ0) is 27.5. The maximum absolute atomic E-state index is 13.6. The van der Waals surface area contributed by atoms with Gasteiger partial charge in [-0.2, -0.15) is 0 Å². The number of anilines is 1. The number of carbonyl (C=O) groups excluding carboxylic acids is 1. The van der Waals surface area contributed by atoms with E-state index in [0.717, 1.165) is 30.4 Å². The van der Waals surface area contributed by atoms with Crippen LogP contribution in [0.2, 0.25) is 0 Å². The van der Waals surface area contributed by atoms with Crippen molar-refractivity contribution in [2.75, 3.05) is 11.5 Å². The fourth-order valence-corrected chi connectivity index (χ4v) is 5.70. The Bertz CT molecular complexity index is 1240. The molecule has 8 heteroatoms. The van der Waals surface area contributed by atoms with Crippen LogP contribution in [0, 0.1) is 11.7 Å². The van der Waals surface area contributed by atoms with E-state index in [-0.39, 0.29) is 30.1 Å². The topological polar surface area (TPSA) is 110 Å². The first kappa shape index (κ1) is 27.4. The quantitative estimate of drug-likeness (QED) is 0.314. The molecule has 0 aliphatic carbocycles. The van der Waals surface area contributed by atoms with Crippen LogP contribution >= 0.6 is 0 Å². The number of hydrogen-bond donors (Lipinski definition) is 4. The van der Waals surface area contributed by atoms with Crippen LogP contribution in [0.1, 0.15) is 35.6 Å². The summed E-state index contributed by atoms with van der Waals surface area (Å²) in [5, 5.41) is 40.0. The molecule has 206 valence electrons. The van der Waals surface area contributed by atoms with Gasteiger partial charge in [-0.15, -0.1) is 0 Å². The Balaban J connectivity index is 1.32. The van der Waals surface area contributed by atoms with Crippen molar-refractivity contribution in [2.24, 2.45) is 5.92 Å². The number of amides is 1. The molecule has 2 fully saturated rings. The van der Waals surface area contributed by atoms with Crippen molar-refractivity contribution in [3.8, 4) is 0 Å². The van der Waals surface area contributed by atoms with E-state index in [0.29, 0.717) is 5.69 Å². The first-order valence-electron chi connectivity index (χ1n) is 13.4. The third kappa shape index (κ3) is 5.76. The molecule has 4 N–H and O–H groups in total. The van der Waals surface area contributed by atoms with Crippen LogP contribution in [0.5, 0.6) is 0 Å². The maximum Gasteiger partial charge on any atom is 0.233 e. The van der Waals surface area contributed by atoms with E-state index in [1.54, 1.807) is 17.0 Å². The normalized spacial score (nSPS) is 28.8. The number of benzene rings is 3. The van der Waals surface area contributed by atoms with Gasteiger partial charge in [0.15, 0.2) is 0 Å². The zero-order valence-corrected chi connectivity index (χ0v) is 21.5. The van der Waals surface area contributed by atoms with Crippen LogP contribution in [0.4, 0.5) is 10.1 Å². The van der Waals surface area contributed by atoms with Gasteiger partial charge < -0.3 is 30.1 Å².